The van der Waals surface area contributed by atoms with Crippen molar-refractivity contribution < 1.29 is 0 Å². The number of alkyl halides is 4. The Balaban J connectivity index is 2.95. The molecule has 0 amide bonds. The molecule has 0 nitrogen and oxygen atoms in total. The normalized spacial score (nSPS) is 11.1. The third-order valence-electron chi connectivity index (χ3n) is 0.252. The van der Waals surface area contributed by atoms with E-state index in [1.54, 1.807) is 0 Å². The number of hydrogen-bond acceptors (Lipinski definition) is 0. The second kappa shape index (κ2) is 4.27. The molecule has 0 aromatic rings. The first kappa shape index (κ1) is 8.38. The highest BCUT2D eigenvalue weighted by atomic mass is 35.5. The van der Waals surface area contributed by atoms with E-state index in [9.17, 15) is 0 Å². The number of rotatable bonds is 2. The van der Waals surface area contributed by atoms with Crippen LogP contribution in [-0.4, -0.2) is 18.4 Å². The zero-order chi connectivity index (χ0) is 5.86. The summed E-state index contributed by atoms with van der Waals surface area (Å²) in [5.41, 5.74) is 0. The molecule has 0 aromatic heterocycles. The van der Waals surface area contributed by atoms with Gasteiger partial charge in [0.1, 0.15) is 9.52 Å². The highest BCUT2D eigenvalue weighted by Crippen LogP contribution is 2.07. The van der Waals surface area contributed by atoms with Crippen molar-refractivity contribution in [3.8, 4) is 0 Å². The fourth-order valence-corrected chi connectivity index (χ4v) is 2.57. The average Bonchev–Trinajstić information content (AvgIpc) is 1.27. The molecule has 0 bridgehead atoms. The minimum absolute atomic E-state index is 0.207. The van der Waals surface area contributed by atoms with Crippen molar-refractivity contribution >= 4 is 55.9 Å². The maximum Gasteiger partial charge on any atom is 0.127 e. The number of halogens is 4. The lowest BCUT2D eigenvalue weighted by atomic mass is 11.8. The van der Waals surface area contributed by atoms with Crippen molar-refractivity contribution in [1.82, 2.24) is 0 Å². The van der Waals surface area contributed by atoms with Crippen LogP contribution in [0.4, 0.5) is 0 Å². The van der Waals surface area contributed by atoms with Gasteiger partial charge in [-0.1, -0.05) is 0 Å². The van der Waals surface area contributed by atoms with Gasteiger partial charge in [0.2, 0.25) is 0 Å². The maximum absolute atomic E-state index is 5.28. The first-order chi connectivity index (χ1) is 3.13. The van der Waals surface area contributed by atoms with Gasteiger partial charge >= 0.3 is 0 Å². The van der Waals surface area contributed by atoms with Crippen LogP contribution in [0.25, 0.3) is 0 Å². The summed E-state index contributed by atoms with van der Waals surface area (Å²) in [5.74, 6) is 0. The van der Waals surface area contributed by atoms with Gasteiger partial charge in [-0.3, -0.25) is 0 Å². The molecule has 5 heteroatoms. The molecule has 0 aliphatic carbocycles. The fraction of sp³-hybridized carbons (Fsp3) is 1.00. The molecule has 0 aliphatic rings. The number of hydrogen-bond donors (Lipinski definition) is 0. The molecule has 0 spiro atoms. The molecule has 0 saturated carbocycles. The van der Waals surface area contributed by atoms with Crippen molar-refractivity contribution in [3.05, 3.63) is 0 Å². The molecule has 0 atom stereocenters. The van der Waals surface area contributed by atoms with Gasteiger partial charge in [0, 0.05) is 0 Å². The molecule has 0 saturated heterocycles. The predicted octanol–water partition coefficient (Wildman–Crippen LogP) is 2.21. The lowest BCUT2D eigenvalue weighted by molar-refractivity contribution is 1.75. The SMILES string of the molecule is ClC(Cl)[Si]C(Cl)Cl. The Morgan fingerprint density at radius 1 is 0.857 bits per heavy atom. The Kier molecular flexibility index (Phi) is 5.12. The average molecular weight is 196 g/mol. The van der Waals surface area contributed by atoms with Gasteiger partial charge in [0.15, 0.2) is 0 Å². The van der Waals surface area contributed by atoms with Crippen molar-refractivity contribution in [1.29, 1.82) is 0 Å². The van der Waals surface area contributed by atoms with Gasteiger partial charge in [0.05, 0.1) is 8.92 Å². The third-order valence-corrected chi connectivity index (χ3v) is 2.27. The van der Waals surface area contributed by atoms with E-state index in [4.69, 9.17) is 46.4 Å². The summed E-state index contributed by atoms with van der Waals surface area (Å²) in [7, 11) is 0.207. The van der Waals surface area contributed by atoms with Crippen LogP contribution < -0.4 is 0 Å². The standard InChI is InChI=1S/C2H2Cl4Si/c3-1(4)7-2(5)6/h1-2H. The Hall–Kier alpha value is 1.38. The highest BCUT2D eigenvalue weighted by molar-refractivity contribution is 6.80. The maximum atomic E-state index is 5.28. The van der Waals surface area contributed by atoms with E-state index in [0.717, 1.165) is 0 Å². The van der Waals surface area contributed by atoms with E-state index in [-0.39, 0.29) is 9.52 Å². The van der Waals surface area contributed by atoms with Crippen LogP contribution in [-0.2, 0) is 0 Å². The zero-order valence-corrected chi connectivity index (χ0v) is 7.19. The summed E-state index contributed by atoms with van der Waals surface area (Å²) in [5, 5.41) is 0. The van der Waals surface area contributed by atoms with Crippen LogP contribution in [0.1, 0.15) is 0 Å². The first-order valence-electron chi connectivity index (χ1n) is 1.45. The zero-order valence-electron chi connectivity index (χ0n) is 3.17. The van der Waals surface area contributed by atoms with Gasteiger partial charge < -0.3 is 0 Å². The Morgan fingerprint density at radius 2 is 1.14 bits per heavy atom. The van der Waals surface area contributed by atoms with Crippen molar-refractivity contribution in [3.63, 3.8) is 0 Å². The summed E-state index contributed by atoms with van der Waals surface area (Å²) >= 11 is 21.1. The Bertz CT molecular complexity index is 39.0. The fourth-order valence-electron chi connectivity index (χ4n) is 0.0952. The minimum Gasteiger partial charge on any atom is -0.110 e. The first-order valence-corrected chi connectivity index (χ1v) is 4.35. The van der Waals surface area contributed by atoms with E-state index >= 15 is 0 Å². The van der Waals surface area contributed by atoms with Crippen molar-refractivity contribution in [2.24, 2.45) is 0 Å². The van der Waals surface area contributed by atoms with Gasteiger partial charge in [-0.15, -0.1) is 46.4 Å². The van der Waals surface area contributed by atoms with Crippen LogP contribution in [0.5, 0.6) is 0 Å². The molecule has 0 N–H and O–H groups in total. The van der Waals surface area contributed by atoms with Crippen LogP contribution in [0.15, 0.2) is 0 Å². The predicted molar refractivity (Wildman–Crippen MR) is 36.7 cm³/mol. The molecular weight excluding hydrogens is 194 g/mol. The second-order valence-electron chi connectivity index (χ2n) is 0.768. The molecule has 0 aromatic carbocycles. The van der Waals surface area contributed by atoms with E-state index < -0.39 is 8.92 Å². The van der Waals surface area contributed by atoms with Crippen LogP contribution in [0.2, 0.25) is 0 Å². The van der Waals surface area contributed by atoms with Crippen LogP contribution in [0, 0.1) is 0 Å². The van der Waals surface area contributed by atoms with Gasteiger partial charge in [-0.05, 0) is 0 Å². The molecule has 0 heterocycles. The molecule has 7 heavy (non-hydrogen) atoms. The highest BCUT2D eigenvalue weighted by Gasteiger charge is 2.06. The monoisotopic (exact) mass is 194 g/mol. The van der Waals surface area contributed by atoms with Crippen molar-refractivity contribution in [2.45, 2.75) is 8.92 Å². The Morgan fingerprint density at radius 3 is 1.14 bits per heavy atom. The second-order valence-corrected chi connectivity index (χ2v) is 5.91. The summed E-state index contributed by atoms with van der Waals surface area (Å²) < 4.78 is -0.833. The van der Waals surface area contributed by atoms with E-state index in [2.05, 4.69) is 0 Å². The molecule has 0 rings (SSSR count). The van der Waals surface area contributed by atoms with Gasteiger partial charge in [0.25, 0.3) is 0 Å². The smallest absolute Gasteiger partial charge is 0.110 e. The van der Waals surface area contributed by atoms with Gasteiger partial charge in [-0.2, -0.15) is 0 Å². The summed E-state index contributed by atoms with van der Waals surface area (Å²) in [6, 6.07) is 0. The molecule has 0 aliphatic heterocycles. The largest absolute Gasteiger partial charge is 0.127 e. The van der Waals surface area contributed by atoms with Crippen LogP contribution >= 0.6 is 46.4 Å². The summed E-state index contributed by atoms with van der Waals surface area (Å²) in [6.07, 6.45) is 0. The summed E-state index contributed by atoms with van der Waals surface area (Å²) in [4.78, 5) is 0. The molecule has 0 unspecified atom stereocenters. The lowest BCUT2D eigenvalue weighted by Crippen LogP contribution is -2.09. The molecule has 2 radical (unpaired) electrons. The van der Waals surface area contributed by atoms with E-state index in [1.807, 2.05) is 0 Å². The molecule has 0 fully saturated rings. The summed E-state index contributed by atoms with van der Waals surface area (Å²) in [6.45, 7) is 0. The van der Waals surface area contributed by atoms with Crippen molar-refractivity contribution in [2.75, 3.05) is 0 Å². The minimum atomic E-state index is -0.417. The molecule has 42 valence electrons. The van der Waals surface area contributed by atoms with Gasteiger partial charge in [-0.25, -0.2) is 0 Å². The Labute approximate surface area is 64.9 Å². The van der Waals surface area contributed by atoms with E-state index in [0.29, 0.717) is 0 Å². The topological polar surface area (TPSA) is 0 Å². The quantitative estimate of drug-likeness (QED) is 0.469. The molecular formula is C2H2Cl4Si. The lowest BCUT2D eigenvalue weighted by Gasteiger charge is -1.95. The van der Waals surface area contributed by atoms with Crippen LogP contribution in [0.3, 0.4) is 0 Å². The van der Waals surface area contributed by atoms with E-state index in [1.165, 1.54) is 0 Å². The third kappa shape index (κ3) is 7.38.